The van der Waals surface area contributed by atoms with Crippen LogP contribution in [0.5, 0.6) is 23.0 Å². The van der Waals surface area contributed by atoms with Crippen LogP contribution in [0.4, 0.5) is 11.6 Å². The largest absolute Gasteiger partial charge is 0.454 e. The van der Waals surface area contributed by atoms with Crippen molar-refractivity contribution in [3.8, 4) is 23.0 Å². The summed E-state index contributed by atoms with van der Waals surface area (Å²) in [6.45, 7) is 0.466. The summed E-state index contributed by atoms with van der Waals surface area (Å²) in [6, 6.07) is 19.0. The van der Waals surface area contributed by atoms with Gasteiger partial charge in [0.2, 0.25) is 13.6 Å². The maximum atomic E-state index is 5.40. The van der Waals surface area contributed by atoms with Crippen LogP contribution in [0, 0.1) is 0 Å². The minimum atomic E-state index is 0.233. The first-order valence-electron chi connectivity index (χ1n) is 10.5. The molecule has 0 atom stereocenters. The van der Waals surface area contributed by atoms with Crippen molar-refractivity contribution in [2.75, 3.05) is 24.4 Å². The number of ether oxygens (including phenoxy) is 4. The highest BCUT2D eigenvalue weighted by Crippen LogP contribution is 2.33. The lowest BCUT2D eigenvalue weighted by Crippen LogP contribution is -2.01. The Labute approximate surface area is 193 Å². The van der Waals surface area contributed by atoms with E-state index >= 15 is 0 Å². The molecule has 4 aromatic rings. The predicted octanol–water partition coefficient (Wildman–Crippen LogP) is 3.98. The van der Waals surface area contributed by atoms with Crippen molar-refractivity contribution >= 4 is 34.8 Å². The van der Waals surface area contributed by atoms with Gasteiger partial charge in [0.25, 0.3) is 0 Å². The van der Waals surface area contributed by atoms with Crippen molar-refractivity contribution in [2.24, 2.45) is 10.2 Å². The molecule has 0 saturated heterocycles. The molecule has 0 saturated carbocycles. The number of aromatic nitrogens is 2. The molecule has 0 fully saturated rings. The Hall–Kier alpha value is -4.86. The van der Waals surface area contributed by atoms with E-state index in [9.17, 15) is 0 Å². The van der Waals surface area contributed by atoms with Crippen LogP contribution in [0.3, 0.4) is 0 Å². The van der Waals surface area contributed by atoms with E-state index in [1.807, 2.05) is 60.7 Å². The van der Waals surface area contributed by atoms with E-state index < -0.39 is 0 Å². The fraction of sp³-hybridized carbons (Fsp3) is 0.0833. The Balaban J connectivity index is 1.19. The van der Waals surface area contributed by atoms with Crippen LogP contribution in [0.25, 0.3) is 10.8 Å². The van der Waals surface area contributed by atoms with E-state index in [1.165, 1.54) is 0 Å². The number of nitrogens with zero attached hydrogens (tertiary/aromatic N) is 4. The molecule has 2 N–H and O–H groups in total. The van der Waals surface area contributed by atoms with Crippen LogP contribution in [-0.4, -0.2) is 36.2 Å². The highest BCUT2D eigenvalue weighted by atomic mass is 16.7. The zero-order chi connectivity index (χ0) is 22.7. The first-order valence-corrected chi connectivity index (χ1v) is 10.5. The summed E-state index contributed by atoms with van der Waals surface area (Å²) >= 11 is 0. The van der Waals surface area contributed by atoms with E-state index in [-0.39, 0.29) is 13.6 Å². The molecule has 0 spiro atoms. The second-order valence-corrected chi connectivity index (χ2v) is 7.41. The van der Waals surface area contributed by atoms with Crippen LogP contribution in [0.2, 0.25) is 0 Å². The Bertz CT molecular complexity index is 1330. The predicted molar refractivity (Wildman–Crippen MR) is 127 cm³/mol. The number of fused-ring (bicyclic) bond motifs is 3. The molecule has 0 amide bonds. The summed E-state index contributed by atoms with van der Waals surface area (Å²) in [6.07, 6.45) is 3.36. The third kappa shape index (κ3) is 3.88. The average molecular weight is 454 g/mol. The van der Waals surface area contributed by atoms with Gasteiger partial charge in [-0.05, 0) is 47.5 Å². The van der Waals surface area contributed by atoms with Gasteiger partial charge in [0.05, 0.1) is 12.4 Å². The summed E-state index contributed by atoms with van der Waals surface area (Å²) in [5.74, 6) is 3.91. The molecule has 34 heavy (non-hydrogen) atoms. The van der Waals surface area contributed by atoms with Crippen molar-refractivity contribution in [2.45, 2.75) is 0 Å². The van der Waals surface area contributed by atoms with Gasteiger partial charge < -0.3 is 18.9 Å². The molecule has 0 aliphatic carbocycles. The SMILES string of the molecule is C(=N\Nc1nnc(N/N=C/c2ccc3c(c2)OCO3)c2ccccc12)/c1ccc2c(c1)OCO2. The maximum absolute atomic E-state index is 5.40. The highest BCUT2D eigenvalue weighted by molar-refractivity contribution is 5.98. The lowest BCUT2D eigenvalue weighted by atomic mass is 10.2. The van der Waals surface area contributed by atoms with E-state index in [0.717, 1.165) is 33.4 Å². The molecule has 0 bridgehead atoms. The van der Waals surface area contributed by atoms with Gasteiger partial charge in [-0.2, -0.15) is 10.2 Å². The molecule has 168 valence electrons. The first kappa shape index (κ1) is 19.8. The van der Waals surface area contributed by atoms with E-state index in [2.05, 4.69) is 31.3 Å². The van der Waals surface area contributed by atoms with Crippen molar-refractivity contribution < 1.29 is 18.9 Å². The van der Waals surface area contributed by atoms with E-state index in [4.69, 9.17) is 18.9 Å². The normalized spacial score (nSPS) is 13.8. The van der Waals surface area contributed by atoms with Gasteiger partial charge in [0, 0.05) is 10.8 Å². The van der Waals surface area contributed by atoms with Crippen molar-refractivity contribution in [1.29, 1.82) is 0 Å². The molecule has 3 heterocycles. The summed E-state index contributed by atoms with van der Waals surface area (Å²) in [4.78, 5) is 0. The van der Waals surface area contributed by atoms with Crippen molar-refractivity contribution in [1.82, 2.24) is 10.2 Å². The second-order valence-electron chi connectivity index (χ2n) is 7.41. The van der Waals surface area contributed by atoms with Gasteiger partial charge in [0.15, 0.2) is 34.6 Å². The van der Waals surface area contributed by atoms with Crippen molar-refractivity contribution in [3.05, 3.63) is 71.8 Å². The third-order valence-corrected chi connectivity index (χ3v) is 5.25. The number of nitrogens with one attached hydrogen (secondary N) is 2. The Morgan fingerprint density at radius 1 is 0.618 bits per heavy atom. The zero-order valence-corrected chi connectivity index (χ0v) is 17.8. The monoisotopic (exact) mass is 454 g/mol. The molecule has 10 nitrogen and oxygen atoms in total. The smallest absolute Gasteiger partial charge is 0.231 e. The maximum Gasteiger partial charge on any atom is 0.231 e. The molecule has 0 unspecified atom stereocenters. The quantitative estimate of drug-likeness (QED) is 0.332. The van der Waals surface area contributed by atoms with Gasteiger partial charge in [-0.15, -0.1) is 10.2 Å². The van der Waals surface area contributed by atoms with Gasteiger partial charge in [-0.3, -0.25) is 10.9 Å². The zero-order valence-electron chi connectivity index (χ0n) is 17.8. The Morgan fingerprint density at radius 2 is 1.09 bits per heavy atom. The second kappa shape index (κ2) is 8.58. The molecule has 2 aliphatic heterocycles. The van der Waals surface area contributed by atoms with Crippen molar-refractivity contribution in [3.63, 3.8) is 0 Å². The number of benzene rings is 3. The molecule has 6 rings (SSSR count). The average Bonchev–Trinajstić information content (AvgIpc) is 3.54. The van der Waals surface area contributed by atoms with Crippen LogP contribution < -0.4 is 29.8 Å². The minimum absolute atomic E-state index is 0.233. The number of hydrogen-bond donors (Lipinski definition) is 2. The summed E-state index contributed by atoms with van der Waals surface area (Å²) < 4.78 is 21.5. The highest BCUT2D eigenvalue weighted by Gasteiger charge is 2.14. The van der Waals surface area contributed by atoms with Crippen LogP contribution in [0.15, 0.2) is 70.9 Å². The molecule has 1 aromatic heterocycles. The molecule has 0 radical (unpaired) electrons. The lowest BCUT2D eigenvalue weighted by Gasteiger charge is -2.08. The first-order chi connectivity index (χ1) is 16.8. The number of hydrazone groups is 2. The summed E-state index contributed by atoms with van der Waals surface area (Å²) in [5, 5.41) is 18.9. The summed E-state index contributed by atoms with van der Waals surface area (Å²) in [5.41, 5.74) is 7.67. The standard InChI is InChI=1S/C24H18N6O4/c1-2-4-18-17(3-1)23(27-25-11-15-5-7-19-21(9-15)33-13-31-19)29-30-24(18)28-26-12-16-6-8-20-22(10-16)34-14-32-20/h1-12H,13-14H2,(H,27,29)(H,28,30)/b25-11+,26-12+. The fourth-order valence-electron chi connectivity index (χ4n) is 3.59. The lowest BCUT2D eigenvalue weighted by molar-refractivity contribution is 0.173. The van der Waals surface area contributed by atoms with Gasteiger partial charge in [-0.1, -0.05) is 24.3 Å². The number of anilines is 2. The van der Waals surface area contributed by atoms with Gasteiger partial charge in [-0.25, -0.2) is 0 Å². The fourth-order valence-corrected chi connectivity index (χ4v) is 3.59. The molecule has 2 aliphatic rings. The minimum Gasteiger partial charge on any atom is -0.454 e. The van der Waals surface area contributed by atoms with Crippen LogP contribution in [0.1, 0.15) is 11.1 Å². The molecular formula is C24H18N6O4. The number of rotatable bonds is 6. The molecule has 3 aromatic carbocycles. The van der Waals surface area contributed by atoms with E-state index in [0.29, 0.717) is 23.1 Å². The number of hydrogen-bond acceptors (Lipinski definition) is 10. The Kier molecular flexibility index (Phi) is 5.00. The van der Waals surface area contributed by atoms with E-state index in [1.54, 1.807) is 12.4 Å². The van der Waals surface area contributed by atoms with Crippen LogP contribution in [-0.2, 0) is 0 Å². The van der Waals surface area contributed by atoms with Gasteiger partial charge >= 0.3 is 0 Å². The molecular weight excluding hydrogens is 436 g/mol. The van der Waals surface area contributed by atoms with Crippen LogP contribution >= 0.6 is 0 Å². The summed E-state index contributed by atoms with van der Waals surface area (Å²) in [7, 11) is 0. The van der Waals surface area contributed by atoms with Gasteiger partial charge in [0.1, 0.15) is 0 Å². The molecule has 10 heteroatoms. The third-order valence-electron chi connectivity index (χ3n) is 5.25. The topological polar surface area (TPSA) is 111 Å². The Morgan fingerprint density at radius 3 is 1.59 bits per heavy atom.